The van der Waals surface area contributed by atoms with E-state index in [-0.39, 0.29) is 11.9 Å². The van der Waals surface area contributed by atoms with Crippen molar-refractivity contribution < 1.29 is 14.6 Å². The summed E-state index contributed by atoms with van der Waals surface area (Å²) in [4.78, 5) is 15.0. The third-order valence-corrected chi connectivity index (χ3v) is 5.65. The largest absolute Gasteiger partial charge is 0.390 e. The smallest absolute Gasteiger partial charge is 0.251 e. The summed E-state index contributed by atoms with van der Waals surface area (Å²) >= 11 is 0. The lowest BCUT2D eigenvalue weighted by Crippen LogP contribution is -2.46. The van der Waals surface area contributed by atoms with Gasteiger partial charge in [-0.3, -0.25) is 4.79 Å². The molecule has 2 aliphatic heterocycles. The van der Waals surface area contributed by atoms with Gasteiger partial charge in [0.15, 0.2) is 0 Å². The van der Waals surface area contributed by atoms with E-state index in [0.29, 0.717) is 18.1 Å². The van der Waals surface area contributed by atoms with Crippen molar-refractivity contribution in [3.63, 3.8) is 0 Å². The van der Waals surface area contributed by atoms with Gasteiger partial charge in [0, 0.05) is 37.8 Å². The number of amides is 1. The van der Waals surface area contributed by atoms with Crippen molar-refractivity contribution in [3.05, 3.63) is 35.4 Å². The van der Waals surface area contributed by atoms with E-state index < -0.39 is 5.60 Å². The number of nitrogens with one attached hydrogen (secondary N) is 1. The number of aryl methyl sites for hydroxylation is 1. The lowest BCUT2D eigenvalue weighted by molar-refractivity contribution is 0.0613. The number of benzene rings is 1. The first kappa shape index (κ1) is 20.3. The van der Waals surface area contributed by atoms with E-state index in [1.165, 1.54) is 12.8 Å². The van der Waals surface area contributed by atoms with Gasteiger partial charge in [0.05, 0.1) is 11.7 Å². The van der Waals surface area contributed by atoms with E-state index in [0.717, 1.165) is 51.1 Å². The summed E-state index contributed by atoms with van der Waals surface area (Å²) in [6.45, 7) is 7.64. The SMILES string of the molecule is CC(C)(O)CCc1ccc(C(=O)NC2CCN(C[C@@H]3CCCO3)CC2)cc1. The molecule has 0 aromatic heterocycles. The fraction of sp³-hybridized carbons (Fsp3) is 0.682. The second kappa shape index (κ2) is 9.18. The minimum Gasteiger partial charge on any atom is -0.390 e. The Bertz CT molecular complexity index is 595. The number of hydrogen-bond acceptors (Lipinski definition) is 4. The van der Waals surface area contributed by atoms with Crippen LogP contribution in [0.25, 0.3) is 0 Å². The van der Waals surface area contributed by atoms with E-state index in [1.54, 1.807) is 0 Å². The molecule has 2 fully saturated rings. The molecule has 0 saturated carbocycles. The number of ether oxygens (including phenoxy) is 1. The lowest BCUT2D eigenvalue weighted by atomic mass is 9.98. The highest BCUT2D eigenvalue weighted by Gasteiger charge is 2.24. The van der Waals surface area contributed by atoms with Crippen molar-refractivity contribution in [1.82, 2.24) is 10.2 Å². The van der Waals surface area contributed by atoms with E-state index in [2.05, 4.69) is 10.2 Å². The van der Waals surface area contributed by atoms with Gasteiger partial charge in [-0.25, -0.2) is 0 Å². The first-order chi connectivity index (χ1) is 12.9. The van der Waals surface area contributed by atoms with Crippen LogP contribution in [-0.4, -0.2) is 59.9 Å². The standard InChI is InChI=1S/C22H34N2O3/c1-22(2,26)12-9-17-5-7-18(8-6-17)21(25)23-19-10-13-24(14-11-19)16-20-4-3-15-27-20/h5-8,19-20,26H,3-4,9-16H2,1-2H3,(H,23,25)/t20-/m0/s1. The number of likely N-dealkylation sites (tertiary alicyclic amines) is 1. The van der Waals surface area contributed by atoms with Crippen LogP contribution in [-0.2, 0) is 11.2 Å². The van der Waals surface area contributed by atoms with Gasteiger partial charge in [0.2, 0.25) is 0 Å². The van der Waals surface area contributed by atoms with Crippen LogP contribution < -0.4 is 5.32 Å². The van der Waals surface area contributed by atoms with Gasteiger partial charge in [0.25, 0.3) is 5.91 Å². The van der Waals surface area contributed by atoms with Crippen molar-refractivity contribution >= 4 is 5.91 Å². The summed E-state index contributed by atoms with van der Waals surface area (Å²) < 4.78 is 5.73. The molecule has 0 bridgehead atoms. The average molecular weight is 375 g/mol. The van der Waals surface area contributed by atoms with Crippen LogP contribution in [0, 0.1) is 0 Å². The number of rotatable bonds is 7. The zero-order chi connectivity index (χ0) is 19.3. The van der Waals surface area contributed by atoms with Gasteiger partial charge in [0.1, 0.15) is 0 Å². The Morgan fingerprint density at radius 2 is 1.93 bits per heavy atom. The molecule has 0 unspecified atom stereocenters. The number of piperidine rings is 1. The highest BCUT2D eigenvalue weighted by atomic mass is 16.5. The third-order valence-electron chi connectivity index (χ3n) is 5.65. The van der Waals surface area contributed by atoms with Crippen molar-refractivity contribution in [2.24, 2.45) is 0 Å². The van der Waals surface area contributed by atoms with Gasteiger partial charge in [-0.05, 0) is 70.1 Å². The van der Waals surface area contributed by atoms with Gasteiger partial charge < -0.3 is 20.1 Å². The molecule has 2 aliphatic rings. The van der Waals surface area contributed by atoms with Crippen LogP contribution in [0.4, 0.5) is 0 Å². The molecular formula is C22H34N2O3. The Morgan fingerprint density at radius 3 is 2.52 bits per heavy atom. The van der Waals surface area contributed by atoms with Gasteiger partial charge in [-0.1, -0.05) is 12.1 Å². The summed E-state index contributed by atoms with van der Waals surface area (Å²) in [5.41, 5.74) is 1.20. The Labute approximate surface area is 163 Å². The van der Waals surface area contributed by atoms with Gasteiger partial charge in [-0.2, -0.15) is 0 Å². The third kappa shape index (κ3) is 6.59. The maximum Gasteiger partial charge on any atom is 0.251 e. The molecular weight excluding hydrogens is 340 g/mol. The van der Waals surface area contributed by atoms with Gasteiger partial charge >= 0.3 is 0 Å². The van der Waals surface area contributed by atoms with E-state index in [9.17, 15) is 9.90 Å². The number of carbonyl (C=O) groups excluding carboxylic acids is 1. The van der Waals surface area contributed by atoms with Crippen LogP contribution >= 0.6 is 0 Å². The molecule has 1 atom stereocenters. The monoisotopic (exact) mass is 374 g/mol. The lowest BCUT2D eigenvalue weighted by Gasteiger charge is -2.33. The molecule has 1 amide bonds. The zero-order valence-corrected chi connectivity index (χ0v) is 16.7. The summed E-state index contributed by atoms with van der Waals surface area (Å²) in [5, 5.41) is 13.0. The normalized spacial score (nSPS) is 22.1. The summed E-state index contributed by atoms with van der Waals surface area (Å²) in [7, 11) is 0. The number of hydrogen-bond donors (Lipinski definition) is 2. The molecule has 1 aromatic rings. The molecule has 0 radical (unpaired) electrons. The number of nitrogens with zero attached hydrogens (tertiary/aromatic N) is 1. The van der Waals surface area contributed by atoms with E-state index in [1.807, 2.05) is 38.1 Å². The first-order valence-electron chi connectivity index (χ1n) is 10.4. The minimum atomic E-state index is -0.658. The zero-order valence-electron chi connectivity index (χ0n) is 16.7. The molecule has 5 nitrogen and oxygen atoms in total. The molecule has 3 rings (SSSR count). The van der Waals surface area contributed by atoms with Crippen molar-refractivity contribution in [3.8, 4) is 0 Å². The molecule has 27 heavy (non-hydrogen) atoms. The number of carbonyl (C=O) groups is 1. The van der Waals surface area contributed by atoms with E-state index >= 15 is 0 Å². The van der Waals surface area contributed by atoms with Crippen LogP contribution in [0.5, 0.6) is 0 Å². The molecule has 0 spiro atoms. The van der Waals surface area contributed by atoms with Crippen LogP contribution in [0.1, 0.15) is 61.9 Å². The Balaban J connectivity index is 1.41. The van der Waals surface area contributed by atoms with Crippen LogP contribution in [0.2, 0.25) is 0 Å². The molecule has 5 heteroatoms. The molecule has 150 valence electrons. The highest BCUT2D eigenvalue weighted by molar-refractivity contribution is 5.94. The Kier molecular flexibility index (Phi) is 6.90. The van der Waals surface area contributed by atoms with Gasteiger partial charge in [-0.15, -0.1) is 0 Å². The minimum absolute atomic E-state index is 0.0154. The number of aliphatic hydroxyl groups is 1. The molecule has 1 aromatic carbocycles. The maximum absolute atomic E-state index is 12.5. The molecule has 0 aliphatic carbocycles. The fourth-order valence-corrected chi connectivity index (χ4v) is 3.88. The average Bonchev–Trinajstić information content (AvgIpc) is 3.14. The predicted octanol–water partition coefficient (Wildman–Crippen LogP) is 2.76. The quantitative estimate of drug-likeness (QED) is 0.770. The molecule has 2 heterocycles. The first-order valence-corrected chi connectivity index (χ1v) is 10.4. The van der Waals surface area contributed by atoms with Crippen LogP contribution in [0.15, 0.2) is 24.3 Å². The van der Waals surface area contributed by atoms with E-state index in [4.69, 9.17) is 4.74 Å². The maximum atomic E-state index is 12.5. The highest BCUT2D eigenvalue weighted by Crippen LogP contribution is 2.18. The summed E-state index contributed by atoms with van der Waals surface area (Å²) in [6.07, 6.45) is 6.31. The molecule has 2 N–H and O–H groups in total. The topological polar surface area (TPSA) is 61.8 Å². The Hall–Kier alpha value is -1.43. The van der Waals surface area contributed by atoms with Crippen molar-refractivity contribution in [1.29, 1.82) is 0 Å². The summed E-state index contributed by atoms with van der Waals surface area (Å²) in [6, 6.07) is 8.02. The van der Waals surface area contributed by atoms with Crippen LogP contribution in [0.3, 0.4) is 0 Å². The van der Waals surface area contributed by atoms with Crippen molar-refractivity contribution in [2.45, 2.75) is 70.1 Å². The second-order valence-electron chi connectivity index (χ2n) is 8.69. The Morgan fingerprint density at radius 1 is 1.22 bits per heavy atom. The molecule has 2 saturated heterocycles. The fourth-order valence-electron chi connectivity index (χ4n) is 3.88. The second-order valence-corrected chi connectivity index (χ2v) is 8.69. The predicted molar refractivity (Wildman–Crippen MR) is 107 cm³/mol. The van der Waals surface area contributed by atoms with Crippen molar-refractivity contribution in [2.75, 3.05) is 26.2 Å². The summed E-state index contributed by atoms with van der Waals surface area (Å²) in [5.74, 6) is 0.0154.